The van der Waals surface area contributed by atoms with Gasteiger partial charge >= 0.3 is 0 Å². The number of anilines is 2. The van der Waals surface area contributed by atoms with Gasteiger partial charge in [0, 0.05) is 37.2 Å². The molecule has 4 N–H and O–H groups in total. The quantitative estimate of drug-likeness (QED) is 0.517. The lowest BCUT2D eigenvalue weighted by Crippen LogP contribution is -2.55. The molecular weight excluding hydrogens is 415 g/mol. The van der Waals surface area contributed by atoms with E-state index in [-0.39, 0.29) is 10.2 Å². The minimum atomic E-state index is -4.14. The van der Waals surface area contributed by atoms with E-state index in [0.29, 0.717) is 18.3 Å². The molecular formula is C15H20ClFN6O2S2. The number of benzene rings is 1. The number of likely N-dealkylation sites (tertiary alicyclic amines) is 1. The van der Waals surface area contributed by atoms with E-state index in [9.17, 15) is 12.8 Å². The summed E-state index contributed by atoms with van der Waals surface area (Å²) in [6, 6.07) is 2.47. The molecule has 0 radical (unpaired) electrons. The molecule has 1 aromatic carbocycles. The van der Waals surface area contributed by atoms with Gasteiger partial charge in [0.25, 0.3) is 10.0 Å². The molecule has 0 aliphatic carbocycles. The van der Waals surface area contributed by atoms with Gasteiger partial charge < -0.3 is 16.0 Å². The Kier molecular flexibility index (Phi) is 6.48. The predicted molar refractivity (Wildman–Crippen MR) is 104 cm³/mol. The summed E-state index contributed by atoms with van der Waals surface area (Å²) in [6.07, 6.45) is 3.07. The highest BCUT2D eigenvalue weighted by Crippen LogP contribution is 2.29. The Morgan fingerprint density at radius 1 is 1.37 bits per heavy atom. The fourth-order valence-corrected chi connectivity index (χ4v) is 4.78. The summed E-state index contributed by atoms with van der Waals surface area (Å²) in [6.45, 7) is 3.46. The molecule has 1 saturated heterocycles. The van der Waals surface area contributed by atoms with Gasteiger partial charge in [0.1, 0.15) is 17.0 Å². The Morgan fingerprint density at radius 2 is 2.15 bits per heavy atom. The van der Waals surface area contributed by atoms with Gasteiger partial charge in [0.15, 0.2) is 0 Å². The minimum absolute atomic E-state index is 0.0517. The first-order chi connectivity index (χ1) is 12.8. The van der Waals surface area contributed by atoms with Crippen LogP contribution in [0.25, 0.3) is 0 Å². The topological polar surface area (TPSA) is 113 Å². The SMILES string of the molecule is NC1CN(CCCCNc2cc(F)c(S(=O)(=O)Nc3ncns3)cc2Cl)C1. The van der Waals surface area contributed by atoms with E-state index < -0.39 is 20.7 Å². The van der Waals surface area contributed by atoms with Crippen LogP contribution in [0.2, 0.25) is 5.02 Å². The second-order valence-corrected chi connectivity index (χ2v) is 9.11. The number of halogens is 2. The molecule has 0 unspecified atom stereocenters. The molecule has 8 nitrogen and oxygen atoms in total. The van der Waals surface area contributed by atoms with Gasteiger partial charge in [-0.3, -0.25) is 4.72 Å². The molecule has 2 aromatic rings. The fourth-order valence-electron chi connectivity index (χ4n) is 2.73. The Labute approximate surface area is 166 Å². The van der Waals surface area contributed by atoms with Crippen LogP contribution in [-0.4, -0.2) is 54.9 Å². The third-order valence-electron chi connectivity index (χ3n) is 4.10. The summed E-state index contributed by atoms with van der Waals surface area (Å²) in [7, 11) is -4.14. The zero-order valence-electron chi connectivity index (χ0n) is 14.4. The van der Waals surface area contributed by atoms with E-state index in [2.05, 4.69) is 24.3 Å². The second kappa shape index (κ2) is 8.65. The van der Waals surface area contributed by atoms with Crippen LogP contribution < -0.4 is 15.8 Å². The van der Waals surface area contributed by atoms with Crippen LogP contribution in [0.15, 0.2) is 23.4 Å². The number of nitrogens with one attached hydrogen (secondary N) is 2. The average Bonchev–Trinajstić information content (AvgIpc) is 3.07. The smallest absolute Gasteiger partial charge is 0.266 e. The van der Waals surface area contributed by atoms with Crippen molar-refractivity contribution in [2.75, 3.05) is 36.2 Å². The summed E-state index contributed by atoms with van der Waals surface area (Å²) < 4.78 is 44.8. The van der Waals surface area contributed by atoms with Crippen LogP contribution in [0.1, 0.15) is 12.8 Å². The molecule has 2 heterocycles. The van der Waals surface area contributed by atoms with Crippen molar-refractivity contribution >= 4 is 44.0 Å². The van der Waals surface area contributed by atoms with Crippen LogP contribution in [-0.2, 0) is 10.0 Å². The van der Waals surface area contributed by atoms with Crippen molar-refractivity contribution in [2.45, 2.75) is 23.8 Å². The number of aromatic nitrogens is 2. The van der Waals surface area contributed by atoms with Crippen LogP contribution in [0.4, 0.5) is 15.2 Å². The molecule has 0 saturated carbocycles. The molecule has 1 fully saturated rings. The Hall–Kier alpha value is -1.53. The highest BCUT2D eigenvalue weighted by atomic mass is 35.5. The molecule has 12 heteroatoms. The van der Waals surface area contributed by atoms with Gasteiger partial charge in [0.05, 0.1) is 10.7 Å². The van der Waals surface area contributed by atoms with Crippen LogP contribution in [0.3, 0.4) is 0 Å². The molecule has 148 valence electrons. The van der Waals surface area contributed by atoms with Crippen molar-refractivity contribution in [3.63, 3.8) is 0 Å². The molecule has 1 aromatic heterocycles. The third-order valence-corrected chi connectivity index (χ3v) is 6.47. The minimum Gasteiger partial charge on any atom is -0.384 e. The number of hydrogen-bond acceptors (Lipinski definition) is 8. The number of rotatable bonds is 9. The van der Waals surface area contributed by atoms with E-state index >= 15 is 0 Å². The Bertz CT molecular complexity index is 875. The zero-order chi connectivity index (χ0) is 19.4. The van der Waals surface area contributed by atoms with E-state index in [1.807, 2.05) is 0 Å². The first-order valence-corrected chi connectivity index (χ1v) is 11.0. The van der Waals surface area contributed by atoms with Crippen molar-refractivity contribution in [3.05, 3.63) is 29.3 Å². The molecule has 0 bridgehead atoms. The largest absolute Gasteiger partial charge is 0.384 e. The molecule has 27 heavy (non-hydrogen) atoms. The van der Waals surface area contributed by atoms with Crippen molar-refractivity contribution in [2.24, 2.45) is 5.73 Å². The maximum Gasteiger partial charge on any atom is 0.266 e. The first-order valence-electron chi connectivity index (χ1n) is 8.35. The van der Waals surface area contributed by atoms with Crippen LogP contribution in [0, 0.1) is 5.82 Å². The second-order valence-electron chi connectivity index (χ2n) is 6.27. The van der Waals surface area contributed by atoms with Gasteiger partial charge in [-0.05, 0) is 31.5 Å². The number of hydrogen-bond donors (Lipinski definition) is 3. The van der Waals surface area contributed by atoms with Gasteiger partial charge in [-0.15, -0.1) is 0 Å². The lowest BCUT2D eigenvalue weighted by Gasteiger charge is -2.36. The fraction of sp³-hybridized carbons (Fsp3) is 0.467. The highest BCUT2D eigenvalue weighted by molar-refractivity contribution is 7.93. The summed E-state index contributed by atoms with van der Waals surface area (Å²) in [5.41, 5.74) is 6.09. The zero-order valence-corrected chi connectivity index (χ0v) is 16.7. The van der Waals surface area contributed by atoms with E-state index in [0.717, 1.165) is 56.1 Å². The van der Waals surface area contributed by atoms with E-state index in [1.54, 1.807) is 0 Å². The number of sulfonamides is 1. The third kappa shape index (κ3) is 5.26. The maximum atomic E-state index is 14.4. The predicted octanol–water partition coefficient (Wildman–Crippen LogP) is 1.97. The highest BCUT2D eigenvalue weighted by Gasteiger charge is 2.23. The van der Waals surface area contributed by atoms with Gasteiger partial charge in [-0.2, -0.15) is 4.37 Å². The maximum absolute atomic E-state index is 14.4. The molecule has 0 amide bonds. The lowest BCUT2D eigenvalue weighted by molar-refractivity contribution is 0.149. The molecule has 3 rings (SSSR count). The summed E-state index contributed by atoms with van der Waals surface area (Å²) >= 11 is 6.98. The monoisotopic (exact) mass is 434 g/mol. The lowest BCUT2D eigenvalue weighted by atomic mass is 10.1. The number of nitrogens with two attached hydrogens (primary N) is 1. The normalized spacial score (nSPS) is 15.5. The van der Waals surface area contributed by atoms with Crippen LogP contribution >= 0.6 is 23.1 Å². The van der Waals surface area contributed by atoms with Crippen molar-refractivity contribution < 1.29 is 12.8 Å². The Balaban J connectivity index is 1.56. The Morgan fingerprint density at radius 3 is 2.81 bits per heavy atom. The standard InChI is InChI=1S/C15H20ClFN6O2S2/c16-11-5-14(27(24,25)22-15-20-9-21-26-15)12(17)6-13(11)19-3-1-2-4-23-7-10(18)8-23/h5-6,9-10,19H,1-4,7-8,18H2,(H,20,21,22). The molecule has 1 aliphatic rings. The summed E-state index contributed by atoms with van der Waals surface area (Å²) in [4.78, 5) is 5.46. The van der Waals surface area contributed by atoms with Crippen molar-refractivity contribution in [1.82, 2.24) is 14.3 Å². The first kappa shape index (κ1) is 20.2. The molecule has 1 aliphatic heterocycles. The van der Waals surface area contributed by atoms with E-state index in [1.165, 1.54) is 6.33 Å². The van der Waals surface area contributed by atoms with Crippen LogP contribution in [0.5, 0.6) is 0 Å². The summed E-state index contributed by atoms with van der Waals surface area (Å²) in [5.74, 6) is -0.895. The average molecular weight is 435 g/mol. The van der Waals surface area contributed by atoms with E-state index in [4.69, 9.17) is 17.3 Å². The molecule has 0 spiro atoms. The molecule has 0 atom stereocenters. The number of nitrogens with zero attached hydrogens (tertiary/aromatic N) is 3. The van der Waals surface area contributed by atoms with Gasteiger partial charge in [-0.25, -0.2) is 17.8 Å². The van der Waals surface area contributed by atoms with Crippen molar-refractivity contribution in [3.8, 4) is 0 Å². The summed E-state index contributed by atoms with van der Waals surface area (Å²) in [5, 5.41) is 3.23. The van der Waals surface area contributed by atoms with Crippen molar-refractivity contribution in [1.29, 1.82) is 0 Å². The van der Waals surface area contributed by atoms with Gasteiger partial charge in [0.2, 0.25) is 5.13 Å². The van der Waals surface area contributed by atoms with Gasteiger partial charge in [-0.1, -0.05) is 11.6 Å². The number of unbranched alkanes of at least 4 members (excludes halogenated alkanes) is 1.